The van der Waals surface area contributed by atoms with Gasteiger partial charge in [-0.1, -0.05) is 29.8 Å². The Morgan fingerprint density at radius 2 is 1.86 bits per heavy atom. The van der Waals surface area contributed by atoms with Crippen LogP contribution in [0.15, 0.2) is 41.3 Å². The van der Waals surface area contributed by atoms with Gasteiger partial charge in [0, 0.05) is 22.1 Å². The first-order valence-corrected chi connectivity index (χ1v) is 8.54. The standard InChI is InChI=1S/C19H21NS/c1-20-11-8-15(9-12-20)19-16-5-3-2-4-14(16)6-7-18-17(19)10-13-21-18/h2-5,10,13H,6-9,11-12H2,1H3/i1D3. The van der Waals surface area contributed by atoms with Crippen LogP contribution in [0.2, 0.25) is 0 Å². The highest BCUT2D eigenvalue weighted by Gasteiger charge is 2.23. The first-order valence-electron chi connectivity index (χ1n) is 9.16. The van der Waals surface area contributed by atoms with E-state index in [0.717, 1.165) is 25.7 Å². The van der Waals surface area contributed by atoms with Crippen LogP contribution in [0.25, 0.3) is 5.57 Å². The number of hydrogen-bond donors (Lipinski definition) is 0. The van der Waals surface area contributed by atoms with Crippen molar-refractivity contribution in [2.45, 2.75) is 25.7 Å². The van der Waals surface area contributed by atoms with Crippen molar-refractivity contribution < 1.29 is 4.11 Å². The van der Waals surface area contributed by atoms with E-state index < -0.39 is 6.98 Å². The number of fused-ring (bicyclic) bond motifs is 2. The number of rotatable bonds is 0. The smallest absolute Gasteiger partial charge is 0.0394 e. The molecule has 2 aliphatic rings. The minimum absolute atomic E-state index is 0.622. The fourth-order valence-electron chi connectivity index (χ4n) is 3.54. The molecule has 1 saturated heterocycles. The second-order valence-electron chi connectivity index (χ2n) is 5.88. The van der Waals surface area contributed by atoms with Crippen molar-refractivity contribution in [3.8, 4) is 0 Å². The van der Waals surface area contributed by atoms with Crippen LogP contribution < -0.4 is 0 Å². The number of likely N-dealkylation sites (tertiary alicyclic amines) is 1. The summed E-state index contributed by atoms with van der Waals surface area (Å²) >= 11 is 1.85. The topological polar surface area (TPSA) is 3.24 Å². The molecule has 0 atom stereocenters. The molecular weight excluding hydrogens is 274 g/mol. The van der Waals surface area contributed by atoms with Gasteiger partial charge in [-0.3, -0.25) is 0 Å². The highest BCUT2D eigenvalue weighted by Crippen LogP contribution is 2.40. The third-order valence-corrected chi connectivity index (χ3v) is 5.62. The predicted molar refractivity (Wildman–Crippen MR) is 90.9 cm³/mol. The van der Waals surface area contributed by atoms with Gasteiger partial charge in [0.05, 0.1) is 0 Å². The van der Waals surface area contributed by atoms with E-state index in [0.29, 0.717) is 13.1 Å². The molecular formula is C19H21NS. The molecule has 1 aromatic carbocycles. The molecule has 0 radical (unpaired) electrons. The zero-order valence-corrected chi connectivity index (χ0v) is 12.9. The molecule has 2 aromatic rings. The minimum atomic E-state index is -1.97. The second-order valence-corrected chi connectivity index (χ2v) is 6.88. The average molecular weight is 298 g/mol. The van der Waals surface area contributed by atoms with Crippen LogP contribution in [-0.2, 0) is 12.8 Å². The fourth-order valence-corrected chi connectivity index (χ4v) is 4.43. The molecule has 0 bridgehead atoms. The first-order chi connectivity index (χ1) is 11.5. The Bertz CT molecular complexity index is 778. The monoisotopic (exact) mass is 298 g/mol. The Balaban J connectivity index is 1.78. The predicted octanol–water partition coefficient (Wildman–Crippen LogP) is 4.37. The summed E-state index contributed by atoms with van der Waals surface area (Å²) in [5.74, 6) is 0. The van der Waals surface area contributed by atoms with Crippen LogP contribution in [-0.4, -0.2) is 25.0 Å². The molecule has 1 nitrogen and oxygen atoms in total. The van der Waals surface area contributed by atoms with Gasteiger partial charge in [-0.05, 0) is 66.4 Å². The lowest BCUT2D eigenvalue weighted by molar-refractivity contribution is 0.313. The van der Waals surface area contributed by atoms with Gasteiger partial charge in [0.15, 0.2) is 0 Å². The van der Waals surface area contributed by atoms with Crippen LogP contribution >= 0.6 is 11.3 Å². The van der Waals surface area contributed by atoms with Crippen LogP contribution in [0.4, 0.5) is 0 Å². The SMILES string of the molecule is [2H]C([2H])([2H])N1CCC(=C2c3ccccc3CCc3sccc32)CC1. The van der Waals surface area contributed by atoms with Crippen molar-refractivity contribution in [1.29, 1.82) is 0 Å². The minimum Gasteiger partial charge on any atom is -0.306 e. The second kappa shape index (κ2) is 5.43. The van der Waals surface area contributed by atoms with E-state index in [4.69, 9.17) is 4.11 Å². The molecule has 2 heterocycles. The van der Waals surface area contributed by atoms with Crippen LogP contribution in [0, 0.1) is 0 Å². The normalized spacial score (nSPS) is 21.8. The van der Waals surface area contributed by atoms with Gasteiger partial charge in [0.1, 0.15) is 0 Å². The van der Waals surface area contributed by atoms with Gasteiger partial charge >= 0.3 is 0 Å². The molecule has 108 valence electrons. The number of benzene rings is 1. The van der Waals surface area contributed by atoms with Crippen LogP contribution in [0.1, 0.15) is 38.5 Å². The van der Waals surface area contributed by atoms with E-state index in [-0.39, 0.29) is 0 Å². The summed E-state index contributed by atoms with van der Waals surface area (Å²) < 4.78 is 22.9. The Hall–Kier alpha value is -1.38. The Labute approximate surface area is 135 Å². The van der Waals surface area contributed by atoms with Crippen molar-refractivity contribution in [1.82, 2.24) is 4.90 Å². The maximum Gasteiger partial charge on any atom is 0.0394 e. The molecule has 1 aromatic heterocycles. The highest BCUT2D eigenvalue weighted by molar-refractivity contribution is 7.10. The number of aryl methyl sites for hydroxylation is 2. The summed E-state index contributed by atoms with van der Waals surface area (Å²) in [6, 6.07) is 11.0. The van der Waals surface area contributed by atoms with E-state index in [9.17, 15) is 0 Å². The van der Waals surface area contributed by atoms with Gasteiger partial charge in [-0.2, -0.15) is 0 Å². The van der Waals surface area contributed by atoms with Crippen molar-refractivity contribution >= 4 is 16.9 Å². The van der Waals surface area contributed by atoms with Crippen molar-refractivity contribution in [2.24, 2.45) is 0 Å². The lowest BCUT2D eigenvalue weighted by atomic mass is 9.88. The first kappa shape index (κ1) is 10.4. The van der Waals surface area contributed by atoms with E-state index in [1.54, 1.807) is 4.90 Å². The summed E-state index contributed by atoms with van der Waals surface area (Å²) in [7, 11) is 0. The summed E-state index contributed by atoms with van der Waals surface area (Å²) in [6.45, 7) is -0.723. The zero-order chi connectivity index (χ0) is 16.7. The van der Waals surface area contributed by atoms with Crippen molar-refractivity contribution in [3.05, 3.63) is 62.9 Å². The van der Waals surface area contributed by atoms with Gasteiger partial charge in [-0.15, -0.1) is 11.3 Å². The van der Waals surface area contributed by atoms with Gasteiger partial charge in [0.25, 0.3) is 0 Å². The Kier molecular flexibility index (Phi) is 2.68. The molecule has 0 N–H and O–H groups in total. The van der Waals surface area contributed by atoms with Gasteiger partial charge in [-0.25, -0.2) is 0 Å². The van der Waals surface area contributed by atoms with Gasteiger partial charge < -0.3 is 4.90 Å². The average Bonchev–Trinajstić information content (AvgIpc) is 2.96. The Morgan fingerprint density at radius 1 is 1.00 bits per heavy atom. The third kappa shape index (κ3) is 2.37. The van der Waals surface area contributed by atoms with Crippen molar-refractivity contribution in [2.75, 3.05) is 20.1 Å². The fraction of sp³-hybridized carbons (Fsp3) is 0.368. The molecule has 2 heteroatoms. The molecule has 0 spiro atoms. The number of nitrogens with zero attached hydrogens (tertiary/aromatic N) is 1. The van der Waals surface area contributed by atoms with Crippen molar-refractivity contribution in [3.63, 3.8) is 0 Å². The van der Waals surface area contributed by atoms with E-state index in [1.807, 2.05) is 11.3 Å². The molecule has 1 aliphatic heterocycles. The molecule has 4 rings (SSSR count). The highest BCUT2D eigenvalue weighted by atomic mass is 32.1. The van der Waals surface area contributed by atoms with Gasteiger partial charge in [0.2, 0.25) is 0 Å². The van der Waals surface area contributed by atoms with Crippen LogP contribution in [0.5, 0.6) is 0 Å². The number of piperidine rings is 1. The maximum absolute atomic E-state index is 7.63. The quantitative estimate of drug-likeness (QED) is 0.698. The van der Waals surface area contributed by atoms with E-state index in [2.05, 4.69) is 35.7 Å². The number of hydrogen-bond acceptors (Lipinski definition) is 2. The summed E-state index contributed by atoms with van der Waals surface area (Å²) in [6.07, 6.45) is 3.87. The summed E-state index contributed by atoms with van der Waals surface area (Å²) in [5.41, 5.74) is 6.95. The molecule has 0 unspecified atom stereocenters. The molecule has 1 fully saturated rings. The summed E-state index contributed by atoms with van der Waals surface area (Å²) in [5, 5.41) is 2.19. The van der Waals surface area contributed by atoms with E-state index >= 15 is 0 Å². The van der Waals surface area contributed by atoms with Crippen LogP contribution in [0.3, 0.4) is 0 Å². The molecule has 1 aliphatic carbocycles. The lowest BCUT2D eigenvalue weighted by Crippen LogP contribution is -2.27. The Morgan fingerprint density at radius 3 is 2.71 bits per heavy atom. The van der Waals surface area contributed by atoms with E-state index in [1.165, 1.54) is 32.7 Å². The summed E-state index contributed by atoms with van der Waals surface area (Å²) in [4.78, 5) is 3.10. The molecule has 21 heavy (non-hydrogen) atoms. The largest absolute Gasteiger partial charge is 0.306 e. The third-order valence-electron chi connectivity index (χ3n) is 4.64. The lowest BCUT2D eigenvalue weighted by Gasteiger charge is -2.27. The maximum atomic E-state index is 7.63. The molecule has 0 amide bonds. The molecule has 0 saturated carbocycles. The number of thiophene rings is 1. The zero-order valence-electron chi connectivity index (χ0n) is 15.1.